The Labute approximate surface area is 134 Å². The standard InChI is InChI=1S/C15H22BrN3O2/c1-15(2,3)21-14(20)18-12-8-11(16)9-19(10-12)13-6-4-5-7-17-13/h4-7,11-12H,8-10H2,1-3H3,(H,18,20). The number of carbonyl (C=O) groups is 1. The number of alkyl halides is 1. The van der Waals surface area contributed by atoms with Crippen LogP contribution in [0.1, 0.15) is 27.2 Å². The first kappa shape index (κ1) is 16.1. The number of carbonyl (C=O) groups excluding carboxylic acids is 1. The lowest BCUT2D eigenvalue weighted by molar-refractivity contribution is 0.0500. The molecule has 0 aliphatic carbocycles. The summed E-state index contributed by atoms with van der Waals surface area (Å²) in [5.41, 5.74) is -0.479. The molecule has 2 unspecified atom stereocenters. The van der Waals surface area contributed by atoms with E-state index in [9.17, 15) is 4.79 Å². The van der Waals surface area contributed by atoms with E-state index in [0.717, 1.165) is 25.3 Å². The summed E-state index contributed by atoms with van der Waals surface area (Å²) in [4.78, 5) is 18.7. The second kappa shape index (κ2) is 6.64. The Morgan fingerprint density at radius 3 is 2.81 bits per heavy atom. The van der Waals surface area contributed by atoms with E-state index in [4.69, 9.17) is 4.74 Å². The highest BCUT2D eigenvalue weighted by Crippen LogP contribution is 2.22. The number of ether oxygens (including phenoxy) is 1. The molecular formula is C15H22BrN3O2. The third kappa shape index (κ3) is 5.19. The van der Waals surface area contributed by atoms with E-state index in [1.54, 1.807) is 6.20 Å². The highest BCUT2D eigenvalue weighted by atomic mass is 79.9. The summed E-state index contributed by atoms with van der Waals surface area (Å²) >= 11 is 3.66. The van der Waals surface area contributed by atoms with E-state index in [2.05, 4.69) is 31.1 Å². The average molecular weight is 356 g/mol. The van der Waals surface area contributed by atoms with Crippen molar-refractivity contribution in [2.24, 2.45) is 0 Å². The van der Waals surface area contributed by atoms with Gasteiger partial charge >= 0.3 is 6.09 Å². The molecule has 21 heavy (non-hydrogen) atoms. The molecule has 0 saturated carbocycles. The van der Waals surface area contributed by atoms with Crippen LogP contribution in [-0.2, 0) is 4.74 Å². The van der Waals surface area contributed by atoms with Crippen LogP contribution in [0.25, 0.3) is 0 Å². The number of anilines is 1. The van der Waals surface area contributed by atoms with E-state index < -0.39 is 5.60 Å². The van der Waals surface area contributed by atoms with Crippen molar-refractivity contribution in [2.75, 3.05) is 18.0 Å². The van der Waals surface area contributed by atoms with Gasteiger partial charge in [-0.3, -0.25) is 0 Å². The second-order valence-electron chi connectivity index (χ2n) is 6.27. The summed E-state index contributed by atoms with van der Waals surface area (Å²) < 4.78 is 5.32. The van der Waals surface area contributed by atoms with Crippen LogP contribution in [0.4, 0.5) is 10.6 Å². The molecular weight excluding hydrogens is 334 g/mol. The molecule has 1 aliphatic rings. The SMILES string of the molecule is CC(C)(C)OC(=O)NC1CC(Br)CN(c2ccccn2)C1. The first-order chi connectivity index (χ1) is 9.83. The molecule has 1 aromatic rings. The Morgan fingerprint density at radius 1 is 1.43 bits per heavy atom. The molecule has 116 valence electrons. The lowest BCUT2D eigenvalue weighted by Gasteiger charge is -2.36. The van der Waals surface area contributed by atoms with Gasteiger partial charge in [0.15, 0.2) is 0 Å². The van der Waals surface area contributed by atoms with Crippen LogP contribution >= 0.6 is 15.9 Å². The fourth-order valence-electron chi connectivity index (χ4n) is 2.34. The first-order valence-corrected chi connectivity index (χ1v) is 8.04. The molecule has 0 spiro atoms. The smallest absolute Gasteiger partial charge is 0.407 e. The minimum absolute atomic E-state index is 0.0416. The van der Waals surface area contributed by atoms with E-state index in [0.29, 0.717) is 4.83 Å². The number of amides is 1. The molecule has 1 fully saturated rings. The largest absolute Gasteiger partial charge is 0.444 e. The average Bonchev–Trinajstić information content (AvgIpc) is 2.36. The zero-order chi connectivity index (χ0) is 15.5. The molecule has 1 aromatic heterocycles. The summed E-state index contributed by atoms with van der Waals surface area (Å²) in [6, 6.07) is 5.89. The minimum Gasteiger partial charge on any atom is -0.444 e. The maximum absolute atomic E-state index is 11.9. The topological polar surface area (TPSA) is 54.5 Å². The van der Waals surface area contributed by atoms with Gasteiger partial charge in [-0.1, -0.05) is 22.0 Å². The summed E-state index contributed by atoms with van der Waals surface area (Å²) in [6.07, 6.45) is 2.29. The molecule has 1 saturated heterocycles. The second-order valence-corrected chi connectivity index (χ2v) is 7.56. The van der Waals surface area contributed by atoms with Crippen LogP contribution in [0.3, 0.4) is 0 Å². The van der Waals surface area contributed by atoms with Gasteiger partial charge in [-0.15, -0.1) is 0 Å². The molecule has 0 radical (unpaired) electrons. The highest BCUT2D eigenvalue weighted by Gasteiger charge is 2.28. The van der Waals surface area contributed by atoms with Crippen molar-refractivity contribution in [3.05, 3.63) is 24.4 Å². The van der Waals surface area contributed by atoms with E-state index in [1.807, 2.05) is 39.0 Å². The monoisotopic (exact) mass is 355 g/mol. The number of hydrogen-bond donors (Lipinski definition) is 1. The van der Waals surface area contributed by atoms with Crippen LogP contribution in [0, 0.1) is 0 Å². The molecule has 1 amide bonds. The number of rotatable bonds is 2. The maximum Gasteiger partial charge on any atom is 0.407 e. The van der Waals surface area contributed by atoms with Crippen molar-refractivity contribution in [1.82, 2.24) is 10.3 Å². The maximum atomic E-state index is 11.9. The lowest BCUT2D eigenvalue weighted by Crippen LogP contribution is -2.52. The van der Waals surface area contributed by atoms with Crippen molar-refractivity contribution in [1.29, 1.82) is 0 Å². The molecule has 2 atom stereocenters. The van der Waals surface area contributed by atoms with Gasteiger partial charge in [0.05, 0.1) is 6.04 Å². The van der Waals surface area contributed by atoms with Gasteiger partial charge < -0.3 is 15.0 Å². The summed E-state index contributed by atoms with van der Waals surface area (Å²) in [6.45, 7) is 7.20. The van der Waals surface area contributed by atoms with Gasteiger partial charge in [-0.05, 0) is 39.3 Å². The van der Waals surface area contributed by atoms with Crippen molar-refractivity contribution < 1.29 is 9.53 Å². The van der Waals surface area contributed by atoms with E-state index >= 15 is 0 Å². The Bertz CT molecular complexity index is 476. The number of halogens is 1. The third-order valence-electron chi connectivity index (χ3n) is 3.09. The van der Waals surface area contributed by atoms with Crippen LogP contribution in [0.2, 0.25) is 0 Å². The van der Waals surface area contributed by atoms with E-state index in [-0.39, 0.29) is 12.1 Å². The number of pyridine rings is 1. The molecule has 2 heterocycles. The number of nitrogens with zero attached hydrogens (tertiary/aromatic N) is 2. The van der Waals surface area contributed by atoms with Crippen molar-refractivity contribution in [2.45, 2.75) is 43.7 Å². The van der Waals surface area contributed by atoms with Gasteiger partial charge in [0.1, 0.15) is 11.4 Å². The van der Waals surface area contributed by atoms with Crippen molar-refractivity contribution >= 4 is 27.8 Å². The molecule has 2 rings (SSSR count). The number of alkyl carbamates (subject to hydrolysis) is 1. The van der Waals surface area contributed by atoms with Crippen LogP contribution in [0.5, 0.6) is 0 Å². The molecule has 1 N–H and O–H groups in total. The number of nitrogens with one attached hydrogen (secondary N) is 1. The van der Waals surface area contributed by atoms with Crippen LogP contribution < -0.4 is 10.2 Å². The third-order valence-corrected chi connectivity index (χ3v) is 3.76. The summed E-state index contributed by atoms with van der Waals surface area (Å²) in [5, 5.41) is 2.94. The zero-order valence-corrected chi connectivity index (χ0v) is 14.3. The Kier molecular flexibility index (Phi) is 5.08. The number of aromatic nitrogens is 1. The molecule has 5 nitrogen and oxygen atoms in total. The zero-order valence-electron chi connectivity index (χ0n) is 12.7. The van der Waals surface area contributed by atoms with Crippen molar-refractivity contribution in [3.8, 4) is 0 Å². The Morgan fingerprint density at radius 2 is 2.19 bits per heavy atom. The predicted molar refractivity (Wildman–Crippen MR) is 86.9 cm³/mol. The number of hydrogen-bond acceptors (Lipinski definition) is 4. The number of piperidine rings is 1. The predicted octanol–water partition coefficient (Wildman–Crippen LogP) is 2.95. The van der Waals surface area contributed by atoms with E-state index in [1.165, 1.54) is 0 Å². The first-order valence-electron chi connectivity index (χ1n) is 7.13. The summed E-state index contributed by atoms with van der Waals surface area (Å²) in [5.74, 6) is 0.928. The summed E-state index contributed by atoms with van der Waals surface area (Å²) in [7, 11) is 0. The highest BCUT2D eigenvalue weighted by molar-refractivity contribution is 9.09. The fraction of sp³-hybridized carbons (Fsp3) is 0.600. The van der Waals surface area contributed by atoms with Gasteiger partial charge in [0.25, 0.3) is 0 Å². The Hall–Kier alpha value is -1.30. The molecule has 0 aromatic carbocycles. The quantitative estimate of drug-likeness (QED) is 0.828. The van der Waals surface area contributed by atoms with Gasteiger partial charge in [0, 0.05) is 24.1 Å². The van der Waals surface area contributed by atoms with Crippen molar-refractivity contribution in [3.63, 3.8) is 0 Å². The van der Waals surface area contributed by atoms with Gasteiger partial charge in [0.2, 0.25) is 0 Å². The van der Waals surface area contributed by atoms with Crippen LogP contribution in [-0.4, -0.2) is 40.6 Å². The molecule has 0 bridgehead atoms. The normalized spacial score (nSPS) is 22.8. The molecule has 1 aliphatic heterocycles. The minimum atomic E-state index is -0.479. The van der Waals surface area contributed by atoms with Crippen LogP contribution in [0.15, 0.2) is 24.4 Å². The molecule has 6 heteroatoms. The van der Waals surface area contributed by atoms with Gasteiger partial charge in [-0.2, -0.15) is 0 Å². The lowest BCUT2D eigenvalue weighted by atomic mass is 10.1. The van der Waals surface area contributed by atoms with Gasteiger partial charge in [-0.25, -0.2) is 9.78 Å². The Balaban J connectivity index is 1.96. The fourth-order valence-corrected chi connectivity index (χ4v) is 3.14.